The van der Waals surface area contributed by atoms with E-state index in [1.165, 1.54) is 11.1 Å². The molecule has 0 heterocycles. The molecule has 2 N–H and O–H groups in total. The molecule has 2 aromatic rings. The number of halogens is 1. The van der Waals surface area contributed by atoms with Crippen molar-refractivity contribution in [2.45, 2.75) is 26.2 Å². The van der Waals surface area contributed by atoms with Crippen LogP contribution >= 0.6 is 11.6 Å². The Morgan fingerprint density at radius 3 is 2.46 bits per heavy atom. The molecule has 0 aliphatic heterocycles. The molecular formula is C19H23ClN2O2. The fourth-order valence-corrected chi connectivity index (χ4v) is 2.52. The van der Waals surface area contributed by atoms with Crippen LogP contribution in [0.4, 0.5) is 10.5 Å². The molecule has 0 aliphatic carbocycles. The fraction of sp³-hybridized carbons (Fsp3) is 0.316. The first-order chi connectivity index (χ1) is 11.3. The number of amides is 2. The number of anilines is 1. The number of hydrogen-bond donors (Lipinski definition) is 2. The number of methoxy groups -OCH3 is 1. The van der Waals surface area contributed by atoms with E-state index < -0.39 is 0 Å². The van der Waals surface area contributed by atoms with Crippen LogP contribution in [0.15, 0.2) is 42.5 Å². The molecular weight excluding hydrogens is 324 g/mol. The van der Waals surface area contributed by atoms with E-state index in [0.717, 1.165) is 0 Å². The molecule has 0 fully saturated rings. The zero-order valence-electron chi connectivity index (χ0n) is 14.4. The predicted molar refractivity (Wildman–Crippen MR) is 99.2 cm³/mol. The molecule has 0 saturated carbocycles. The Bertz CT molecular complexity index is 712. The van der Waals surface area contributed by atoms with E-state index in [0.29, 0.717) is 23.0 Å². The molecule has 2 amide bonds. The Labute approximate surface area is 148 Å². The highest BCUT2D eigenvalue weighted by atomic mass is 35.5. The summed E-state index contributed by atoms with van der Waals surface area (Å²) in [7, 11) is 1.55. The first-order valence-electron chi connectivity index (χ1n) is 7.77. The van der Waals surface area contributed by atoms with Gasteiger partial charge in [0.15, 0.2) is 0 Å². The van der Waals surface area contributed by atoms with E-state index in [1.807, 2.05) is 0 Å². The number of benzene rings is 2. The van der Waals surface area contributed by atoms with Crippen LogP contribution in [-0.4, -0.2) is 19.7 Å². The number of aryl methyl sites for hydroxylation is 1. The molecule has 128 valence electrons. The summed E-state index contributed by atoms with van der Waals surface area (Å²) in [5, 5.41) is 6.22. The minimum Gasteiger partial charge on any atom is -0.495 e. The lowest BCUT2D eigenvalue weighted by Crippen LogP contribution is -2.39. The van der Waals surface area contributed by atoms with E-state index in [-0.39, 0.29) is 11.4 Å². The van der Waals surface area contributed by atoms with Gasteiger partial charge in [-0.1, -0.05) is 55.3 Å². The summed E-state index contributed by atoms with van der Waals surface area (Å²) in [5.41, 5.74) is 2.75. The lowest BCUT2D eigenvalue weighted by atomic mass is 9.84. The van der Waals surface area contributed by atoms with E-state index in [1.54, 1.807) is 25.3 Å². The number of rotatable bonds is 5. The molecule has 0 bridgehead atoms. The second kappa shape index (κ2) is 7.58. The van der Waals surface area contributed by atoms with Gasteiger partial charge >= 0.3 is 6.03 Å². The molecule has 0 spiro atoms. The van der Waals surface area contributed by atoms with Crippen LogP contribution in [0.3, 0.4) is 0 Å². The maximum absolute atomic E-state index is 12.2. The highest BCUT2D eigenvalue weighted by molar-refractivity contribution is 6.31. The Morgan fingerprint density at radius 1 is 1.17 bits per heavy atom. The van der Waals surface area contributed by atoms with Gasteiger partial charge < -0.3 is 15.4 Å². The molecule has 0 saturated heterocycles. The van der Waals surface area contributed by atoms with Crippen molar-refractivity contribution >= 4 is 23.3 Å². The standard InChI is InChI=1S/C19H23ClN2O2/c1-13-5-7-14(8-6-13)19(2,3)12-21-18(23)22-16-11-15(20)9-10-17(16)24-4/h5-11H,12H2,1-4H3,(H2,21,22,23). The quantitative estimate of drug-likeness (QED) is 0.820. The van der Waals surface area contributed by atoms with Gasteiger partial charge in [0, 0.05) is 17.0 Å². The van der Waals surface area contributed by atoms with Crippen LogP contribution in [0.2, 0.25) is 5.02 Å². The van der Waals surface area contributed by atoms with Crippen LogP contribution < -0.4 is 15.4 Å². The minimum absolute atomic E-state index is 0.177. The van der Waals surface area contributed by atoms with Gasteiger partial charge in [0.25, 0.3) is 0 Å². The van der Waals surface area contributed by atoms with Crippen LogP contribution in [0, 0.1) is 6.92 Å². The second-order valence-corrected chi connectivity index (χ2v) is 6.84. The molecule has 2 rings (SSSR count). The van der Waals surface area contributed by atoms with E-state index in [4.69, 9.17) is 16.3 Å². The Morgan fingerprint density at radius 2 is 1.83 bits per heavy atom. The lowest BCUT2D eigenvalue weighted by molar-refractivity contribution is 0.249. The maximum Gasteiger partial charge on any atom is 0.319 e. The molecule has 0 atom stereocenters. The summed E-state index contributed by atoms with van der Waals surface area (Å²) in [6.45, 7) is 6.75. The van der Waals surface area contributed by atoms with Gasteiger partial charge in [-0.05, 0) is 30.7 Å². The predicted octanol–water partition coefficient (Wildman–Crippen LogP) is 4.76. The first-order valence-corrected chi connectivity index (χ1v) is 8.15. The Balaban J connectivity index is 2.00. The van der Waals surface area contributed by atoms with Crippen molar-refractivity contribution in [1.29, 1.82) is 0 Å². The van der Waals surface area contributed by atoms with Gasteiger partial charge in [0.05, 0.1) is 12.8 Å². The van der Waals surface area contributed by atoms with E-state index in [2.05, 4.69) is 55.7 Å². The third-order valence-corrected chi connectivity index (χ3v) is 4.17. The zero-order chi connectivity index (χ0) is 17.7. The van der Waals surface area contributed by atoms with Crippen molar-refractivity contribution in [3.8, 4) is 5.75 Å². The summed E-state index contributed by atoms with van der Waals surface area (Å²) in [6.07, 6.45) is 0. The molecule has 2 aromatic carbocycles. The molecule has 5 heteroatoms. The van der Waals surface area contributed by atoms with Crippen molar-refractivity contribution in [1.82, 2.24) is 5.32 Å². The smallest absolute Gasteiger partial charge is 0.319 e. The van der Waals surface area contributed by atoms with Crippen LogP contribution in [0.5, 0.6) is 5.75 Å². The van der Waals surface area contributed by atoms with Gasteiger partial charge in [-0.3, -0.25) is 0 Å². The normalized spacial score (nSPS) is 11.0. The zero-order valence-corrected chi connectivity index (χ0v) is 15.2. The van der Waals surface area contributed by atoms with Crippen molar-refractivity contribution in [2.24, 2.45) is 0 Å². The molecule has 0 aliphatic rings. The molecule has 0 aromatic heterocycles. The van der Waals surface area contributed by atoms with Crippen molar-refractivity contribution in [3.63, 3.8) is 0 Å². The lowest BCUT2D eigenvalue weighted by Gasteiger charge is -2.26. The summed E-state index contributed by atoms with van der Waals surface area (Å²) >= 11 is 5.97. The largest absolute Gasteiger partial charge is 0.495 e. The average Bonchev–Trinajstić information content (AvgIpc) is 2.54. The average molecular weight is 347 g/mol. The molecule has 24 heavy (non-hydrogen) atoms. The Hall–Kier alpha value is -2.20. The van der Waals surface area contributed by atoms with Crippen LogP contribution in [-0.2, 0) is 5.41 Å². The van der Waals surface area contributed by atoms with Gasteiger partial charge in [0.1, 0.15) is 5.75 Å². The monoisotopic (exact) mass is 346 g/mol. The second-order valence-electron chi connectivity index (χ2n) is 6.40. The first kappa shape index (κ1) is 18.1. The van der Waals surface area contributed by atoms with E-state index in [9.17, 15) is 4.79 Å². The van der Waals surface area contributed by atoms with Crippen LogP contribution in [0.1, 0.15) is 25.0 Å². The topological polar surface area (TPSA) is 50.4 Å². The highest BCUT2D eigenvalue weighted by Gasteiger charge is 2.21. The SMILES string of the molecule is COc1ccc(Cl)cc1NC(=O)NCC(C)(C)c1ccc(C)cc1. The maximum atomic E-state index is 12.2. The fourth-order valence-electron chi connectivity index (χ4n) is 2.35. The number of nitrogens with one attached hydrogen (secondary N) is 2. The van der Waals surface area contributed by atoms with Crippen molar-refractivity contribution in [3.05, 3.63) is 58.6 Å². The van der Waals surface area contributed by atoms with Gasteiger partial charge in [0.2, 0.25) is 0 Å². The minimum atomic E-state index is -0.296. The van der Waals surface area contributed by atoms with Gasteiger partial charge in [-0.2, -0.15) is 0 Å². The summed E-state index contributed by atoms with van der Waals surface area (Å²) in [4.78, 5) is 12.2. The number of ether oxygens (including phenoxy) is 1. The van der Waals surface area contributed by atoms with E-state index >= 15 is 0 Å². The Kier molecular flexibility index (Phi) is 5.73. The molecule has 0 unspecified atom stereocenters. The summed E-state index contributed by atoms with van der Waals surface area (Å²) < 4.78 is 5.23. The summed E-state index contributed by atoms with van der Waals surface area (Å²) in [5.74, 6) is 0.562. The number of carbonyl (C=O) groups is 1. The third-order valence-electron chi connectivity index (χ3n) is 3.93. The number of hydrogen-bond acceptors (Lipinski definition) is 2. The molecule has 4 nitrogen and oxygen atoms in total. The van der Waals surface area contributed by atoms with Gasteiger partial charge in [-0.25, -0.2) is 4.79 Å². The van der Waals surface area contributed by atoms with Crippen molar-refractivity contribution < 1.29 is 9.53 Å². The summed E-state index contributed by atoms with van der Waals surface area (Å²) in [6, 6.07) is 13.1. The van der Waals surface area contributed by atoms with Crippen molar-refractivity contribution in [2.75, 3.05) is 19.0 Å². The number of carbonyl (C=O) groups excluding carboxylic acids is 1. The third kappa shape index (κ3) is 4.65. The number of urea groups is 1. The molecule has 0 radical (unpaired) electrons. The highest BCUT2D eigenvalue weighted by Crippen LogP contribution is 2.27. The van der Waals surface area contributed by atoms with Gasteiger partial charge in [-0.15, -0.1) is 0 Å². The van der Waals surface area contributed by atoms with Crippen LogP contribution in [0.25, 0.3) is 0 Å².